The Balaban J connectivity index is 2.47. The van der Waals surface area contributed by atoms with Crippen molar-refractivity contribution in [2.24, 2.45) is 5.92 Å². The first kappa shape index (κ1) is 10.5. The van der Waals surface area contributed by atoms with Crippen molar-refractivity contribution in [1.82, 2.24) is 4.90 Å². The topological polar surface area (TPSA) is 46.6 Å². The van der Waals surface area contributed by atoms with Crippen LogP contribution in [-0.4, -0.2) is 23.3 Å². The van der Waals surface area contributed by atoms with Gasteiger partial charge < -0.3 is 9.64 Å². The molecule has 0 aliphatic carbocycles. The van der Waals surface area contributed by atoms with E-state index < -0.39 is 5.97 Å². The van der Waals surface area contributed by atoms with Gasteiger partial charge in [-0.05, 0) is 12.6 Å². The van der Waals surface area contributed by atoms with E-state index in [1.807, 2.05) is 0 Å². The van der Waals surface area contributed by atoms with Crippen LogP contribution in [0.25, 0.3) is 0 Å². The third kappa shape index (κ3) is 2.22. The monoisotopic (exact) mass is 195 g/mol. The number of ether oxygens (including phenoxy) is 1. The van der Waals surface area contributed by atoms with Crippen molar-refractivity contribution in [3.8, 4) is 0 Å². The second-order valence-corrected chi connectivity index (χ2v) is 3.06. The van der Waals surface area contributed by atoms with E-state index in [0.29, 0.717) is 13.0 Å². The minimum absolute atomic E-state index is 0.0546. The predicted molar refractivity (Wildman–Crippen MR) is 50.9 cm³/mol. The van der Waals surface area contributed by atoms with Gasteiger partial charge in [0.2, 0.25) is 5.91 Å². The summed E-state index contributed by atoms with van der Waals surface area (Å²) in [5.74, 6) is -0.731. The van der Waals surface area contributed by atoms with E-state index >= 15 is 0 Å². The quantitative estimate of drug-likeness (QED) is 0.497. The van der Waals surface area contributed by atoms with Crippen molar-refractivity contribution in [3.05, 3.63) is 25.6 Å². The molecule has 0 aromatic rings. The van der Waals surface area contributed by atoms with Crippen molar-refractivity contribution in [1.29, 1.82) is 0 Å². The van der Waals surface area contributed by atoms with Crippen molar-refractivity contribution in [2.75, 3.05) is 6.54 Å². The average Bonchev–Trinajstić information content (AvgIpc) is 2.48. The molecule has 0 aromatic heterocycles. The number of amides is 1. The van der Waals surface area contributed by atoms with Crippen LogP contribution in [0.2, 0.25) is 0 Å². The van der Waals surface area contributed by atoms with E-state index in [-0.39, 0.29) is 18.2 Å². The molecule has 0 aromatic carbocycles. The molecule has 1 aliphatic heterocycles. The summed E-state index contributed by atoms with van der Waals surface area (Å²) in [5, 5.41) is 0. The largest absolute Gasteiger partial charge is 0.435 e. The summed E-state index contributed by atoms with van der Waals surface area (Å²) in [7, 11) is 0. The van der Waals surface area contributed by atoms with E-state index in [2.05, 4.69) is 17.9 Å². The molecule has 0 radical (unpaired) electrons. The van der Waals surface area contributed by atoms with E-state index in [1.165, 1.54) is 11.1 Å². The number of carbonyl (C=O) groups excluding carboxylic acids is 2. The third-order valence-corrected chi connectivity index (χ3v) is 2.20. The molecule has 1 heterocycles. The molecule has 1 saturated heterocycles. The zero-order chi connectivity index (χ0) is 10.6. The summed E-state index contributed by atoms with van der Waals surface area (Å²) in [6.07, 6.45) is 3.36. The zero-order valence-corrected chi connectivity index (χ0v) is 7.94. The van der Waals surface area contributed by atoms with E-state index in [4.69, 9.17) is 0 Å². The lowest BCUT2D eigenvalue weighted by molar-refractivity contribution is -0.142. The Kier molecular flexibility index (Phi) is 3.45. The molecule has 4 nitrogen and oxygen atoms in total. The highest BCUT2D eigenvalue weighted by molar-refractivity contribution is 5.86. The molecule has 1 atom stereocenters. The number of likely N-dealkylation sites (tertiary alicyclic amines) is 1. The first-order valence-electron chi connectivity index (χ1n) is 4.42. The van der Waals surface area contributed by atoms with Crippen molar-refractivity contribution < 1.29 is 14.3 Å². The zero-order valence-electron chi connectivity index (χ0n) is 7.94. The lowest BCUT2D eigenvalue weighted by Gasteiger charge is -2.09. The van der Waals surface area contributed by atoms with Crippen molar-refractivity contribution in [3.63, 3.8) is 0 Å². The summed E-state index contributed by atoms with van der Waals surface area (Å²) in [4.78, 5) is 24.1. The van der Waals surface area contributed by atoms with Crippen molar-refractivity contribution >= 4 is 11.9 Å². The summed E-state index contributed by atoms with van der Waals surface area (Å²) < 4.78 is 4.55. The Hall–Kier alpha value is -1.58. The molecule has 1 unspecified atom stereocenters. The summed E-state index contributed by atoms with van der Waals surface area (Å²) >= 11 is 0. The number of carbonyl (C=O) groups is 2. The Morgan fingerprint density at radius 2 is 2.36 bits per heavy atom. The summed E-state index contributed by atoms with van der Waals surface area (Å²) in [6, 6.07) is 0. The van der Waals surface area contributed by atoms with Crippen LogP contribution in [0.4, 0.5) is 0 Å². The standard InChI is InChI=1S/C10H13NO3/c1-3-11-6-5-8(10(11)13)7-9(12)14-4-2/h3-4,8H,1-2,5-7H2. The Bertz CT molecular complexity index is 273. The lowest BCUT2D eigenvalue weighted by atomic mass is 10.0. The number of hydrogen-bond donors (Lipinski definition) is 0. The van der Waals surface area contributed by atoms with Gasteiger partial charge in [0.1, 0.15) is 0 Å². The van der Waals surface area contributed by atoms with E-state index in [1.54, 1.807) is 0 Å². The minimum atomic E-state index is -0.413. The fourth-order valence-corrected chi connectivity index (χ4v) is 1.48. The van der Waals surface area contributed by atoms with Crippen LogP contribution in [0.1, 0.15) is 12.8 Å². The third-order valence-electron chi connectivity index (χ3n) is 2.20. The molecule has 1 rings (SSSR count). The molecule has 76 valence electrons. The Morgan fingerprint density at radius 1 is 1.64 bits per heavy atom. The molecule has 0 spiro atoms. The van der Waals surface area contributed by atoms with Gasteiger partial charge in [0.25, 0.3) is 0 Å². The Morgan fingerprint density at radius 3 is 2.86 bits per heavy atom. The number of rotatable bonds is 4. The lowest BCUT2D eigenvalue weighted by Crippen LogP contribution is -2.23. The maximum Gasteiger partial charge on any atom is 0.311 e. The van der Waals surface area contributed by atoms with Crippen LogP contribution >= 0.6 is 0 Å². The van der Waals surface area contributed by atoms with Gasteiger partial charge in [-0.15, -0.1) is 0 Å². The van der Waals surface area contributed by atoms with Gasteiger partial charge in [0, 0.05) is 6.54 Å². The molecule has 1 aliphatic rings. The first-order valence-corrected chi connectivity index (χ1v) is 4.42. The number of esters is 1. The fourth-order valence-electron chi connectivity index (χ4n) is 1.48. The second-order valence-electron chi connectivity index (χ2n) is 3.06. The smallest absolute Gasteiger partial charge is 0.311 e. The van der Waals surface area contributed by atoms with Crippen LogP contribution in [-0.2, 0) is 14.3 Å². The highest BCUT2D eigenvalue weighted by atomic mass is 16.5. The molecular formula is C10H13NO3. The highest BCUT2D eigenvalue weighted by Gasteiger charge is 2.31. The van der Waals surface area contributed by atoms with E-state index in [9.17, 15) is 9.59 Å². The maximum absolute atomic E-state index is 11.5. The maximum atomic E-state index is 11.5. The van der Waals surface area contributed by atoms with Crippen LogP contribution < -0.4 is 0 Å². The summed E-state index contributed by atoms with van der Waals surface area (Å²) in [6.45, 7) is 7.42. The van der Waals surface area contributed by atoms with Gasteiger partial charge in [-0.25, -0.2) is 0 Å². The normalized spacial score (nSPS) is 20.7. The minimum Gasteiger partial charge on any atom is -0.435 e. The molecule has 0 N–H and O–H groups in total. The van der Waals surface area contributed by atoms with Crippen LogP contribution in [0, 0.1) is 5.92 Å². The predicted octanol–water partition coefficient (Wildman–Crippen LogP) is 1.06. The molecule has 1 fully saturated rings. The first-order chi connectivity index (χ1) is 6.69. The van der Waals surface area contributed by atoms with Gasteiger partial charge >= 0.3 is 5.97 Å². The molecule has 0 bridgehead atoms. The molecule has 14 heavy (non-hydrogen) atoms. The average molecular weight is 195 g/mol. The number of nitrogens with zero attached hydrogens (tertiary/aromatic N) is 1. The second kappa shape index (κ2) is 4.60. The van der Waals surface area contributed by atoms with Gasteiger partial charge in [0.05, 0.1) is 18.6 Å². The van der Waals surface area contributed by atoms with Gasteiger partial charge in [-0.3, -0.25) is 9.59 Å². The SMILES string of the molecule is C=COC(=O)CC1CCN(C=C)C1=O. The molecule has 1 amide bonds. The molecule has 4 heteroatoms. The Labute approximate surface area is 82.8 Å². The summed E-state index contributed by atoms with van der Waals surface area (Å²) in [5.41, 5.74) is 0. The fraction of sp³-hybridized carbons (Fsp3) is 0.400. The van der Waals surface area contributed by atoms with Gasteiger partial charge in [-0.1, -0.05) is 13.2 Å². The number of hydrogen-bond acceptors (Lipinski definition) is 3. The van der Waals surface area contributed by atoms with Crippen LogP contribution in [0.3, 0.4) is 0 Å². The van der Waals surface area contributed by atoms with Crippen LogP contribution in [0.15, 0.2) is 25.6 Å². The highest BCUT2D eigenvalue weighted by Crippen LogP contribution is 2.21. The molecule has 0 saturated carbocycles. The van der Waals surface area contributed by atoms with Gasteiger partial charge in [-0.2, -0.15) is 0 Å². The van der Waals surface area contributed by atoms with E-state index in [0.717, 1.165) is 6.26 Å². The van der Waals surface area contributed by atoms with Crippen molar-refractivity contribution in [2.45, 2.75) is 12.8 Å². The van der Waals surface area contributed by atoms with Gasteiger partial charge in [0.15, 0.2) is 0 Å². The molecular weight excluding hydrogens is 182 g/mol. The van der Waals surface area contributed by atoms with Crippen LogP contribution in [0.5, 0.6) is 0 Å².